The Morgan fingerprint density at radius 2 is 1.59 bits per heavy atom. The second kappa shape index (κ2) is 8.16. The lowest BCUT2D eigenvalue weighted by atomic mass is 9.94. The summed E-state index contributed by atoms with van der Waals surface area (Å²) in [6.45, 7) is 13.1. The van der Waals surface area contributed by atoms with Gasteiger partial charge < -0.3 is 5.73 Å². The van der Waals surface area contributed by atoms with E-state index in [0.29, 0.717) is 5.92 Å². The summed E-state index contributed by atoms with van der Waals surface area (Å²) in [5, 5.41) is 0. The van der Waals surface area contributed by atoms with Crippen LogP contribution in [-0.4, -0.2) is 0 Å². The molecule has 17 heavy (non-hydrogen) atoms. The molecule has 0 aliphatic rings. The Labute approximate surface area is 107 Å². The third-order valence-electron chi connectivity index (χ3n) is 2.65. The molecule has 0 atom stereocenters. The smallest absolute Gasteiger partial charge is 0.00805 e. The Kier molecular flexibility index (Phi) is 7.69. The first-order chi connectivity index (χ1) is 7.90. The summed E-state index contributed by atoms with van der Waals surface area (Å²) in [5.74, 6) is 0.679. The summed E-state index contributed by atoms with van der Waals surface area (Å²) in [4.78, 5) is 0. The van der Waals surface area contributed by atoms with Gasteiger partial charge in [-0.2, -0.15) is 0 Å². The fourth-order valence-corrected chi connectivity index (χ4v) is 1.82. The maximum Gasteiger partial charge on any atom is 0.00805 e. The van der Waals surface area contributed by atoms with Gasteiger partial charge in [-0.1, -0.05) is 39.3 Å². The Bertz CT molecular complexity index is 312. The molecule has 0 aliphatic carbocycles. The minimum absolute atomic E-state index is 0.679. The van der Waals surface area contributed by atoms with E-state index < -0.39 is 0 Å². The van der Waals surface area contributed by atoms with Crippen molar-refractivity contribution in [2.45, 2.75) is 60.8 Å². The van der Waals surface area contributed by atoms with Crippen LogP contribution in [0.15, 0.2) is 34.6 Å². The minimum atomic E-state index is 0.679. The van der Waals surface area contributed by atoms with Crippen molar-refractivity contribution in [1.29, 1.82) is 0 Å². The largest absolute Gasteiger partial charge is 0.402 e. The van der Waals surface area contributed by atoms with Crippen LogP contribution in [0.4, 0.5) is 0 Å². The van der Waals surface area contributed by atoms with Crippen molar-refractivity contribution in [3.05, 3.63) is 34.6 Å². The second-order valence-corrected chi connectivity index (χ2v) is 5.30. The van der Waals surface area contributed by atoms with Crippen LogP contribution in [0.1, 0.15) is 60.8 Å². The topological polar surface area (TPSA) is 26.0 Å². The standard InChI is InChI=1S/C16H29N/c1-7-14(11-16(17)8-2)15(9-12(3)4)10-13(5)6/h9,11,13H,7-8,10,17H2,1-6H3/b15-14+,16-11+. The van der Waals surface area contributed by atoms with E-state index in [2.05, 4.69) is 53.7 Å². The monoisotopic (exact) mass is 235 g/mol. The summed E-state index contributed by atoms with van der Waals surface area (Å²) in [7, 11) is 0. The van der Waals surface area contributed by atoms with Gasteiger partial charge in [0.25, 0.3) is 0 Å². The SMILES string of the molecule is CCC(/C=C(/N)CC)=C(/C=C(C)C)CC(C)C. The maximum absolute atomic E-state index is 5.96. The highest BCUT2D eigenvalue weighted by atomic mass is 14.6. The summed E-state index contributed by atoms with van der Waals surface area (Å²) < 4.78 is 0. The molecule has 0 bridgehead atoms. The molecule has 0 aromatic heterocycles. The number of rotatable bonds is 6. The molecule has 1 nitrogen and oxygen atoms in total. The fraction of sp³-hybridized carbons (Fsp3) is 0.625. The number of hydrogen-bond donors (Lipinski definition) is 1. The molecule has 0 spiro atoms. The third-order valence-corrected chi connectivity index (χ3v) is 2.65. The van der Waals surface area contributed by atoms with Gasteiger partial charge in [0.05, 0.1) is 0 Å². The van der Waals surface area contributed by atoms with Gasteiger partial charge in [-0.25, -0.2) is 0 Å². The summed E-state index contributed by atoms with van der Waals surface area (Å²) >= 11 is 0. The zero-order valence-corrected chi connectivity index (χ0v) is 12.4. The summed E-state index contributed by atoms with van der Waals surface area (Å²) in [5.41, 5.74) is 11.1. The van der Waals surface area contributed by atoms with Crippen LogP contribution in [0.2, 0.25) is 0 Å². The van der Waals surface area contributed by atoms with E-state index in [1.54, 1.807) is 0 Å². The third kappa shape index (κ3) is 7.04. The van der Waals surface area contributed by atoms with Crippen molar-refractivity contribution in [2.24, 2.45) is 11.7 Å². The first kappa shape index (κ1) is 16.0. The number of nitrogens with two attached hydrogens (primary N) is 1. The molecule has 0 heterocycles. The van der Waals surface area contributed by atoms with Gasteiger partial charge >= 0.3 is 0 Å². The highest BCUT2D eigenvalue weighted by Gasteiger charge is 2.04. The van der Waals surface area contributed by atoms with E-state index in [4.69, 9.17) is 5.73 Å². The average Bonchev–Trinajstić information content (AvgIpc) is 2.23. The van der Waals surface area contributed by atoms with E-state index >= 15 is 0 Å². The predicted octanol–water partition coefficient (Wildman–Crippen LogP) is 4.96. The normalized spacial score (nSPS) is 13.7. The highest BCUT2D eigenvalue weighted by molar-refractivity contribution is 5.36. The molecule has 0 aliphatic heterocycles. The summed E-state index contributed by atoms with van der Waals surface area (Å²) in [6.07, 6.45) is 7.57. The van der Waals surface area contributed by atoms with Gasteiger partial charge in [-0.05, 0) is 56.3 Å². The Hall–Kier alpha value is -0.980. The van der Waals surface area contributed by atoms with Crippen molar-refractivity contribution in [2.75, 3.05) is 0 Å². The minimum Gasteiger partial charge on any atom is -0.402 e. The van der Waals surface area contributed by atoms with Gasteiger partial charge in [0, 0.05) is 5.70 Å². The lowest BCUT2D eigenvalue weighted by Gasteiger charge is -2.12. The Morgan fingerprint density at radius 3 is 1.94 bits per heavy atom. The lowest BCUT2D eigenvalue weighted by molar-refractivity contribution is 0.645. The van der Waals surface area contributed by atoms with Crippen LogP contribution in [0.3, 0.4) is 0 Å². The molecule has 0 unspecified atom stereocenters. The van der Waals surface area contributed by atoms with Gasteiger partial charge in [0.15, 0.2) is 0 Å². The molecular formula is C16H29N. The molecule has 0 radical (unpaired) electrons. The molecule has 0 saturated carbocycles. The molecule has 1 heteroatoms. The molecule has 0 rings (SSSR count). The van der Waals surface area contributed by atoms with Crippen LogP contribution in [0.25, 0.3) is 0 Å². The van der Waals surface area contributed by atoms with Crippen LogP contribution in [-0.2, 0) is 0 Å². The van der Waals surface area contributed by atoms with Crippen LogP contribution < -0.4 is 5.73 Å². The van der Waals surface area contributed by atoms with Crippen LogP contribution in [0.5, 0.6) is 0 Å². The second-order valence-electron chi connectivity index (χ2n) is 5.30. The molecule has 0 fully saturated rings. The maximum atomic E-state index is 5.96. The lowest BCUT2D eigenvalue weighted by Crippen LogP contribution is -1.99. The molecule has 0 saturated heterocycles. The van der Waals surface area contributed by atoms with Crippen molar-refractivity contribution in [1.82, 2.24) is 0 Å². The molecule has 2 N–H and O–H groups in total. The van der Waals surface area contributed by atoms with Crippen LogP contribution >= 0.6 is 0 Å². The van der Waals surface area contributed by atoms with E-state index in [9.17, 15) is 0 Å². The van der Waals surface area contributed by atoms with Crippen molar-refractivity contribution in [3.63, 3.8) is 0 Å². The molecule has 0 aromatic carbocycles. The quantitative estimate of drug-likeness (QED) is 0.647. The zero-order chi connectivity index (χ0) is 13.4. The first-order valence-corrected chi connectivity index (χ1v) is 6.73. The highest BCUT2D eigenvalue weighted by Crippen LogP contribution is 2.22. The molecular weight excluding hydrogens is 206 g/mol. The zero-order valence-electron chi connectivity index (χ0n) is 12.4. The number of allylic oxidation sites excluding steroid dienone is 6. The first-order valence-electron chi connectivity index (χ1n) is 6.73. The molecule has 0 aromatic rings. The fourth-order valence-electron chi connectivity index (χ4n) is 1.82. The molecule has 98 valence electrons. The average molecular weight is 235 g/mol. The Morgan fingerprint density at radius 1 is 1.00 bits per heavy atom. The van der Waals surface area contributed by atoms with E-state index in [-0.39, 0.29) is 0 Å². The van der Waals surface area contributed by atoms with Gasteiger partial charge in [0.2, 0.25) is 0 Å². The van der Waals surface area contributed by atoms with E-state index in [0.717, 1.165) is 25.0 Å². The Balaban J connectivity index is 5.36. The van der Waals surface area contributed by atoms with E-state index in [1.807, 2.05) is 0 Å². The molecule has 0 amide bonds. The predicted molar refractivity (Wildman–Crippen MR) is 78.8 cm³/mol. The van der Waals surface area contributed by atoms with E-state index in [1.165, 1.54) is 16.7 Å². The van der Waals surface area contributed by atoms with Crippen molar-refractivity contribution in [3.8, 4) is 0 Å². The van der Waals surface area contributed by atoms with Gasteiger partial charge in [-0.15, -0.1) is 0 Å². The van der Waals surface area contributed by atoms with Gasteiger partial charge in [-0.3, -0.25) is 0 Å². The van der Waals surface area contributed by atoms with Crippen molar-refractivity contribution >= 4 is 0 Å². The number of hydrogen-bond acceptors (Lipinski definition) is 1. The van der Waals surface area contributed by atoms with Gasteiger partial charge in [0.1, 0.15) is 0 Å². The van der Waals surface area contributed by atoms with Crippen LogP contribution in [0, 0.1) is 5.92 Å². The van der Waals surface area contributed by atoms with Crippen molar-refractivity contribution < 1.29 is 0 Å². The summed E-state index contributed by atoms with van der Waals surface area (Å²) in [6, 6.07) is 0.